The summed E-state index contributed by atoms with van der Waals surface area (Å²) < 4.78 is 5.10. The van der Waals surface area contributed by atoms with Gasteiger partial charge in [0.1, 0.15) is 6.54 Å². The predicted octanol–water partition coefficient (Wildman–Crippen LogP) is 2.73. The fourth-order valence-electron chi connectivity index (χ4n) is 3.52. The van der Waals surface area contributed by atoms with Crippen LogP contribution in [0.15, 0.2) is 29.6 Å². The van der Waals surface area contributed by atoms with E-state index in [1.165, 1.54) is 22.7 Å². The molecule has 1 saturated heterocycles. The van der Waals surface area contributed by atoms with Gasteiger partial charge in [0.2, 0.25) is 11.8 Å². The third kappa shape index (κ3) is 6.86. The molecule has 9 heteroatoms. The first-order valence-corrected chi connectivity index (χ1v) is 11.7. The number of benzene rings is 1. The molecule has 1 N–H and O–H groups in total. The maximum atomic E-state index is 12.9. The SMILES string of the molecule is COCCN(CC(=O)Nc1nc(CC(=O)N2CCCCC2)cs1)C(=O)c1ccc(C)cc1. The molecule has 3 rings (SSSR count). The third-order valence-electron chi connectivity index (χ3n) is 5.32. The first kappa shape index (κ1) is 23.9. The Morgan fingerprint density at radius 3 is 2.56 bits per heavy atom. The lowest BCUT2D eigenvalue weighted by Crippen LogP contribution is -2.40. The molecular weight excluding hydrogens is 428 g/mol. The topological polar surface area (TPSA) is 91.8 Å². The normalized spacial score (nSPS) is 13.6. The van der Waals surface area contributed by atoms with Gasteiger partial charge in [0.25, 0.3) is 5.91 Å². The van der Waals surface area contributed by atoms with Crippen molar-refractivity contribution in [3.05, 3.63) is 46.5 Å². The van der Waals surface area contributed by atoms with Gasteiger partial charge < -0.3 is 19.9 Å². The molecule has 172 valence electrons. The number of aryl methyl sites for hydroxylation is 1. The maximum Gasteiger partial charge on any atom is 0.254 e. The lowest BCUT2D eigenvalue weighted by molar-refractivity contribution is -0.131. The van der Waals surface area contributed by atoms with Gasteiger partial charge in [-0.2, -0.15) is 0 Å². The molecular formula is C23H30N4O4S. The van der Waals surface area contributed by atoms with E-state index in [1.54, 1.807) is 24.6 Å². The average Bonchev–Trinajstić information content (AvgIpc) is 3.23. The van der Waals surface area contributed by atoms with Crippen LogP contribution in [0, 0.1) is 6.92 Å². The van der Waals surface area contributed by atoms with Gasteiger partial charge in [0.05, 0.1) is 18.7 Å². The molecule has 0 radical (unpaired) electrons. The number of likely N-dealkylation sites (tertiary alicyclic amines) is 1. The van der Waals surface area contributed by atoms with Crippen LogP contribution in [0.4, 0.5) is 5.13 Å². The number of amides is 3. The Morgan fingerprint density at radius 1 is 1.16 bits per heavy atom. The molecule has 8 nitrogen and oxygen atoms in total. The lowest BCUT2D eigenvalue weighted by Gasteiger charge is -2.26. The second-order valence-corrected chi connectivity index (χ2v) is 8.75. The number of piperidine rings is 1. The molecule has 0 saturated carbocycles. The van der Waals surface area contributed by atoms with Gasteiger partial charge in [-0.1, -0.05) is 17.7 Å². The first-order chi connectivity index (χ1) is 15.5. The Morgan fingerprint density at radius 2 is 1.88 bits per heavy atom. The summed E-state index contributed by atoms with van der Waals surface area (Å²) in [6, 6.07) is 7.23. The van der Waals surface area contributed by atoms with E-state index in [0.717, 1.165) is 31.5 Å². The molecule has 0 spiro atoms. The molecule has 1 fully saturated rings. The summed E-state index contributed by atoms with van der Waals surface area (Å²) in [6.45, 7) is 4.07. The molecule has 0 unspecified atom stereocenters. The number of nitrogens with zero attached hydrogens (tertiary/aromatic N) is 3. The van der Waals surface area contributed by atoms with Crippen LogP contribution >= 0.6 is 11.3 Å². The van der Waals surface area contributed by atoms with Crippen molar-refractivity contribution in [2.75, 3.05) is 45.2 Å². The monoisotopic (exact) mass is 458 g/mol. The number of methoxy groups -OCH3 is 1. The van der Waals surface area contributed by atoms with Crippen LogP contribution in [0.3, 0.4) is 0 Å². The molecule has 3 amide bonds. The van der Waals surface area contributed by atoms with Gasteiger partial charge in [-0.15, -0.1) is 11.3 Å². The van der Waals surface area contributed by atoms with E-state index in [1.807, 2.05) is 24.0 Å². The molecule has 0 atom stereocenters. The zero-order valence-corrected chi connectivity index (χ0v) is 19.5. The number of aromatic nitrogens is 1. The zero-order chi connectivity index (χ0) is 22.9. The van der Waals surface area contributed by atoms with Crippen LogP contribution in [-0.2, 0) is 20.7 Å². The summed E-state index contributed by atoms with van der Waals surface area (Å²) in [4.78, 5) is 45.6. The molecule has 0 aliphatic carbocycles. The second kappa shape index (κ2) is 11.7. The maximum absolute atomic E-state index is 12.9. The molecule has 2 heterocycles. The van der Waals surface area contributed by atoms with Crippen LogP contribution in [0.25, 0.3) is 0 Å². The van der Waals surface area contributed by atoms with E-state index in [0.29, 0.717) is 29.5 Å². The number of carbonyl (C=O) groups is 3. The number of rotatable bonds is 9. The minimum Gasteiger partial charge on any atom is -0.383 e. The van der Waals surface area contributed by atoms with Crippen molar-refractivity contribution in [2.24, 2.45) is 0 Å². The van der Waals surface area contributed by atoms with Crippen molar-refractivity contribution >= 4 is 34.2 Å². The minimum absolute atomic E-state index is 0.0716. The first-order valence-electron chi connectivity index (χ1n) is 10.8. The predicted molar refractivity (Wildman–Crippen MR) is 124 cm³/mol. The van der Waals surface area contributed by atoms with E-state index in [-0.39, 0.29) is 30.7 Å². The quantitative estimate of drug-likeness (QED) is 0.624. The summed E-state index contributed by atoms with van der Waals surface area (Å²) in [7, 11) is 1.55. The summed E-state index contributed by atoms with van der Waals surface area (Å²) in [5.74, 6) is -0.503. The number of hydrogen-bond donors (Lipinski definition) is 1. The Balaban J connectivity index is 1.56. The molecule has 1 aliphatic heterocycles. The molecule has 1 aliphatic rings. The van der Waals surface area contributed by atoms with Crippen molar-refractivity contribution in [1.29, 1.82) is 0 Å². The molecule has 1 aromatic carbocycles. The fraction of sp³-hybridized carbons (Fsp3) is 0.478. The Hall–Kier alpha value is -2.78. The second-order valence-electron chi connectivity index (χ2n) is 7.90. The number of thiazole rings is 1. The highest BCUT2D eigenvalue weighted by molar-refractivity contribution is 7.13. The van der Waals surface area contributed by atoms with Crippen LogP contribution in [0.5, 0.6) is 0 Å². The highest BCUT2D eigenvalue weighted by Crippen LogP contribution is 2.18. The molecule has 2 aromatic rings. The van der Waals surface area contributed by atoms with Gasteiger partial charge in [-0.3, -0.25) is 14.4 Å². The average molecular weight is 459 g/mol. The van der Waals surface area contributed by atoms with Crippen molar-refractivity contribution < 1.29 is 19.1 Å². The van der Waals surface area contributed by atoms with Crippen molar-refractivity contribution in [3.8, 4) is 0 Å². The number of ether oxygens (including phenoxy) is 1. The largest absolute Gasteiger partial charge is 0.383 e. The molecule has 1 aromatic heterocycles. The third-order valence-corrected chi connectivity index (χ3v) is 6.13. The summed E-state index contributed by atoms with van der Waals surface area (Å²) in [5, 5.41) is 4.96. The fourth-order valence-corrected chi connectivity index (χ4v) is 4.25. The standard InChI is InChI=1S/C23H30N4O4S/c1-17-6-8-18(9-7-17)22(30)27(12-13-31-2)15-20(28)25-23-24-19(16-32-23)14-21(29)26-10-4-3-5-11-26/h6-9,16H,3-5,10-15H2,1-2H3,(H,24,25,28). The summed E-state index contributed by atoms with van der Waals surface area (Å²) in [6.07, 6.45) is 3.50. The van der Waals surface area contributed by atoms with E-state index in [9.17, 15) is 14.4 Å². The summed E-state index contributed by atoms with van der Waals surface area (Å²) >= 11 is 1.28. The van der Waals surface area contributed by atoms with Crippen molar-refractivity contribution in [1.82, 2.24) is 14.8 Å². The highest BCUT2D eigenvalue weighted by atomic mass is 32.1. The molecule has 32 heavy (non-hydrogen) atoms. The number of hydrogen-bond acceptors (Lipinski definition) is 6. The Kier molecular flexibility index (Phi) is 8.75. The van der Waals surface area contributed by atoms with Gasteiger partial charge in [-0.05, 0) is 38.3 Å². The number of anilines is 1. The van der Waals surface area contributed by atoms with E-state index in [2.05, 4.69) is 10.3 Å². The van der Waals surface area contributed by atoms with E-state index < -0.39 is 0 Å². The van der Waals surface area contributed by atoms with E-state index >= 15 is 0 Å². The Bertz CT molecular complexity index is 922. The van der Waals surface area contributed by atoms with Gasteiger partial charge in [-0.25, -0.2) is 4.98 Å². The number of carbonyl (C=O) groups excluding carboxylic acids is 3. The zero-order valence-electron chi connectivity index (χ0n) is 18.6. The van der Waals surface area contributed by atoms with Crippen LogP contribution in [0.1, 0.15) is 40.9 Å². The van der Waals surface area contributed by atoms with Gasteiger partial charge >= 0.3 is 0 Å². The Labute approximate surface area is 192 Å². The number of nitrogens with one attached hydrogen (secondary N) is 1. The minimum atomic E-state index is -0.343. The smallest absolute Gasteiger partial charge is 0.254 e. The van der Waals surface area contributed by atoms with Gasteiger partial charge in [0.15, 0.2) is 5.13 Å². The van der Waals surface area contributed by atoms with Crippen LogP contribution in [-0.4, -0.2) is 72.4 Å². The van der Waals surface area contributed by atoms with E-state index in [4.69, 9.17) is 4.74 Å². The lowest BCUT2D eigenvalue weighted by atomic mass is 10.1. The van der Waals surface area contributed by atoms with Gasteiger partial charge in [0, 0.05) is 37.7 Å². The highest BCUT2D eigenvalue weighted by Gasteiger charge is 2.21. The van der Waals surface area contributed by atoms with Crippen molar-refractivity contribution in [2.45, 2.75) is 32.6 Å². The van der Waals surface area contributed by atoms with Crippen LogP contribution in [0.2, 0.25) is 0 Å². The molecule has 0 bridgehead atoms. The van der Waals surface area contributed by atoms with Crippen molar-refractivity contribution in [3.63, 3.8) is 0 Å². The summed E-state index contributed by atoms with van der Waals surface area (Å²) in [5.41, 5.74) is 2.22. The van der Waals surface area contributed by atoms with Crippen LogP contribution < -0.4 is 5.32 Å².